The molecule has 0 aliphatic carbocycles. The van der Waals surface area contributed by atoms with E-state index in [1.54, 1.807) is 18.2 Å². The van der Waals surface area contributed by atoms with Crippen LogP contribution in [-0.2, 0) is 29.5 Å². The van der Waals surface area contributed by atoms with Crippen molar-refractivity contribution in [2.75, 3.05) is 14.2 Å². The molecular weight excluding hydrogens is 290 g/mol. The van der Waals surface area contributed by atoms with Gasteiger partial charge in [0.1, 0.15) is 0 Å². The van der Waals surface area contributed by atoms with Crippen LogP contribution in [0.3, 0.4) is 0 Å². The number of benzene rings is 1. The summed E-state index contributed by atoms with van der Waals surface area (Å²) in [6.07, 6.45) is 0. The first-order valence-corrected chi connectivity index (χ1v) is 6.47. The Labute approximate surface area is 128 Å². The van der Waals surface area contributed by atoms with E-state index in [-0.39, 0.29) is 5.56 Å². The lowest BCUT2D eigenvalue weighted by Gasteiger charge is -2.40. The highest BCUT2D eigenvalue weighted by molar-refractivity contribution is 5.97. The van der Waals surface area contributed by atoms with Crippen LogP contribution in [0.2, 0.25) is 0 Å². The fraction of sp³-hybridized carbons (Fsp3) is 0.400. The summed E-state index contributed by atoms with van der Waals surface area (Å²) in [4.78, 5) is 35.9. The number of hydrogen-bond acceptors (Lipinski definition) is 6. The first-order chi connectivity index (χ1) is 10.2. The summed E-state index contributed by atoms with van der Waals surface area (Å²) in [6, 6.07) is 7.72. The van der Waals surface area contributed by atoms with Crippen molar-refractivity contribution in [2.24, 2.45) is 0 Å². The van der Waals surface area contributed by atoms with Crippen LogP contribution in [0, 0.1) is 0 Å². The van der Waals surface area contributed by atoms with Crippen molar-refractivity contribution in [1.29, 1.82) is 0 Å². The van der Waals surface area contributed by atoms with Crippen molar-refractivity contribution in [3.63, 3.8) is 0 Å². The van der Waals surface area contributed by atoms with Gasteiger partial charge in [0.05, 0.1) is 14.2 Å². The van der Waals surface area contributed by atoms with E-state index >= 15 is 0 Å². The highest BCUT2D eigenvalue weighted by Crippen LogP contribution is 2.35. The number of methoxy groups -OCH3 is 2. The largest absolute Gasteiger partial charge is 0.467 e. The SMILES string of the molecule is COC(=O)[C@](C)(NC(C)=O)[C@@](O)(C(=O)OC)c1ccccc1. The average molecular weight is 309 g/mol. The molecule has 0 saturated heterocycles. The van der Waals surface area contributed by atoms with E-state index in [9.17, 15) is 19.5 Å². The van der Waals surface area contributed by atoms with Crippen LogP contribution in [-0.4, -0.2) is 42.7 Å². The summed E-state index contributed by atoms with van der Waals surface area (Å²) in [5, 5.41) is 13.3. The minimum atomic E-state index is -2.46. The third kappa shape index (κ3) is 2.80. The zero-order chi connectivity index (χ0) is 17.0. The molecule has 0 bridgehead atoms. The van der Waals surface area contributed by atoms with Gasteiger partial charge in [-0.05, 0) is 12.5 Å². The van der Waals surface area contributed by atoms with Crippen molar-refractivity contribution < 1.29 is 29.0 Å². The maximum atomic E-state index is 12.3. The number of ether oxygens (including phenoxy) is 2. The standard InChI is InChI=1S/C15H19NO6/c1-10(17)16-14(2,12(18)21-3)15(20,13(19)22-4)11-8-6-5-7-9-11/h5-9,20H,1-4H3,(H,16,17)/t14-,15-/m0/s1. The van der Waals surface area contributed by atoms with Crippen molar-refractivity contribution in [1.82, 2.24) is 5.32 Å². The average Bonchev–Trinajstić information content (AvgIpc) is 2.52. The zero-order valence-electron chi connectivity index (χ0n) is 12.9. The summed E-state index contributed by atoms with van der Waals surface area (Å²) < 4.78 is 9.30. The van der Waals surface area contributed by atoms with E-state index in [0.717, 1.165) is 21.1 Å². The number of rotatable bonds is 5. The number of amides is 1. The summed E-state index contributed by atoms with van der Waals surface area (Å²) in [5.74, 6) is -2.70. The number of carbonyl (C=O) groups excluding carboxylic acids is 3. The molecule has 0 radical (unpaired) electrons. The van der Waals surface area contributed by atoms with Gasteiger partial charge in [0.25, 0.3) is 0 Å². The Hall–Kier alpha value is -2.41. The maximum Gasteiger partial charge on any atom is 0.345 e. The number of esters is 2. The summed E-state index contributed by atoms with van der Waals surface area (Å²) in [6.45, 7) is 2.36. The van der Waals surface area contributed by atoms with Crippen LogP contribution < -0.4 is 5.32 Å². The first-order valence-electron chi connectivity index (χ1n) is 6.47. The van der Waals surface area contributed by atoms with Gasteiger partial charge >= 0.3 is 11.9 Å². The molecule has 0 aromatic heterocycles. The summed E-state index contributed by atoms with van der Waals surface area (Å²) in [7, 11) is 2.16. The predicted octanol–water partition coefficient (Wildman–Crippen LogP) is 0.115. The molecule has 7 nitrogen and oxygen atoms in total. The molecule has 22 heavy (non-hydrogen) atoms. The number of hydrogen-bond donors (Lipinski definition) is 2. The molecule has 2 N–H and O–H groups in total. The molecule has 7 heteroatoms. The molecule has 0 spiro atoms. The second-order valence-electron chi connectivity index (χ2n) is 4.87. The van der Waals surface area contributed by atoms with Gasteiger partial charge < -0.3 is 19.9 Å². The predicted molar refractivity (Wildman–Crippen MR) is 76.6 cm³/mol. The normalized spacial score (nSPS) is 15.9. The van der Waals surface area contributed by atoms with Gasteiger partial charge in [0.2, 0.25) is 11.5 Å². The van der Waals surface area contributed by atoms with Crippen molar-refractivity contribution >= 4 is 17.8 Å². The van der Waals surface area contributed by atoms with Gasteiger partial charge in [-0.1, -0.05) is 30.3 Å². The summed E-state index contributed by atoms with van der Waals surface area (Å²) in [5.41, 5.74) is -4.44. The van der Waals surface area contributed by atoms with E-state index in [2.05, 4.69) is 14.8 Å². The van der Waals surface area contributed by atoms with Gasteiger partial charge in [-0.25, -0.2) is 9.59 Å². The molecule has 1 rings (SSSR count). The van der Waals surface area contributed by atoms with Crippen molar-refractivity contribution in [3.05, 3.63) is 35.9 Å². The highest BCUT2D eigenvalue weighted by Gasteiger charge is 2.61. The number of carbonyl (C=O) groups is 3. The molecule has 1 aromatic carbocycles. The third-order valence-electron chi connectivity index (χ3n) is 3.42. The fourth-order valence-corrected chi connectivity index (χ4v) is 2.28. The maximum absolute atomic E-state index is 12.3. The minimum Gasteiger partial charge on any atom is -0.467 e. The van der Waals surface area contributed by atoms with Crippen molar-refractivity contribution in [3.8, 4) is 0 Å². The Morgan fingerprint density at radius 2 is 1.55 bits per heavy atom. The molecule has 0 aliphatic rings. The molecule has 2 atom stereocenters. The molecule has 0 unspecified atom stereocenters. The van der Waals surface area contributed by atoms with Crippen LogP contribution in [0.4, 0.5) is 0 Å². The van der Waals surface area contributed by atoms with E-state index in [0.29, 0.717) is 0 Å². The van der Waals surface area contributed by atoms with Crippen LogP contribution in [0.25, 0.3) is 0 Å². The monoisotopic (exact) mass is 309 g/mol. The lowest BCUT2D eigenvalue weighted by Crippen LogP contribution is -2.68. The van der Waals surface area contributed by atoms with Gasteiger partial charge in [-0.3, -0.25) is 4.79 Å². The highest BCUT2D eigenvalue weighted by atomic mass is 16.5. The van der Waals surface area contributed by atoms with Gasteiger partial charge in [0.15, 0.2) is 5.54 Å². The third-order valence-corrected chi connectivity index (χ3v) is 3.42. The Kier molecular flexibility index (Phi) is 5.27. The zero-order valence-corrected chi connectivity index (χ0v) is 12.9. The van der Waals surface area contributed by atoms with Gasteiger partial charge in [0, 0.05) is 6.92 Å². The fourth-order valence-electron chi connectivity index (χ4n) is 2.28. The lowest BCUT2D eigenvalue weighted by atomic mass is 9.75. The minimum absolute atomic E-state index is 0.0866. The van der Waals surface area contributed by atoms with E-state index in [1.807, 2.05) is 0 Å². The van der Waals surface area contributed by atoms with Crippen LogP contribution in [0.5, 0.6) is 0 Å². The molecule has 0 fully saturated rings. The second kappa shape index (κ2) is 6.57. The second-order valence-corrected chi connectivity index (χ2v) is 4.87. The quantitative estimate of drug-likeness (QED) is 0.749. The molecule has 1 amide bonds. The van der Waals surface area contributed by atoms with Crippen LogP contribution >= 0.6 is 0 Å². The Morgan fingerprint density at radius 3 is 1.95 bits per heavy atom. The Bertz CT molecular complexity index is 573. The van der Waals surface area contributed by atoms with Crippen LogP contribution in [0.15, 0.2) is 30.3 Å². The molecular formula is C15H19NO6. The topological polar surface area (TPSA) is 102 Å². The smallest absolute Gasteiger partial charge is 0.345 e. The number of nitrogens with one attached hydrogen (secondary N) is 1. The molecule has 0 aliphatic heterocycles. The lowest BCUT2D eigenvalue weighted by molar-refractivity contribution is -0.185. The number of aliphatic hydroxyl groups is 1. The van der Waals surface area contributed by atoms with Crippen molar-refractivity contribution in [2.45, 2.75) is 25.0 Å². The van der Waals surface area contributed by atoms with E-state index < -0.39 is 29.0 Å². The van der Waals surface area contributed by atoms with E-state index in [1.165, 1.54) is 19.1 Å². The Balaban J connectivity index is 3.62. The molecule has 1 aromatic rings. The molecule has 0 saturated carbocycles. The summed E-state index contributed by atoms with van der Waals surface area (Å²) >= 11 is 0. The van der Waals surface area contributed by atoms with Gasteiger partial charge in [-0.2, -0.15) is 0 Å². The van der Waals surface area contributed by atoms with Crippen LogP contribution in [0.1, 0.15) is 19.4 Å². The van der Waals surface area contributed by atoms with Gasteiger partial charge in [-0.15, -0.1) is 0 Å². The first kappa shape index (κ1) is 17.6. The molecule has 0 heterocycles. The Morgan fingerprint density at radius 1 is 1.05 bits per heavy atom. The molecule has 120 valence electrons. The van der Waals surface area contributed by atoms with E-state index in [4.69, 9.17) is 0 Å².